The van der Waals surface area contributed by atoms with Gasteiger partial charge in [-0.05, 0) is 24.8 Å². The third kappa shape index (κ3) is 3.24. The number of anilines is 1. The van der Waals surface area contributed by atoms with Crippen molar-refractivity contribution in [1.29, 1.82) is 0 Å². The van der Waals surface area contributed by atoms with E-state index in [9.17, 15) is 8.42 Å². The fraction of sp³-hybridized carbons (Fsp3) is 0.333. The number of nitrogens with zero attached hydrogens (tertiary/aromatic N) is 2. The van der Waals surface area contributed by atoms with Crippen LogP contribution in [0.4, 0.5) is 5.95 Å². The van der Waals surface area contributed by atoms with Gasteiger partial charge in [-0.15, -0.1) is 11.3 Å². The first-order valence-corrected chi connectivity index (χ1v) is 8.28. The van der Waals surface area contributed by atoms with Crippen molar-refractivity contribution in [3.63, 3.8) is 0 Å². The molecule has 0 aliphatic carbocycles. The minimum Gasteiger partial charge on any atom is -0.481 e. The van der Waals surface area contributed by atoms with Crippen LogP contribution in [0.15, 0.2) is 16.3 Å². The highest BCUT2D eigenvalue weighted by Crippen LogP contribution is 2.27. The van der Waals surface area contributed by atoms with Crippen molar-refractivity contribution in [3.8, 4) is 11.8 Å². The number of ether oxygens (including phenoxy) is 2. The summed E-state index contributed by atoms with van der Waals surface area (Å²) >= 11 is 1.37. The van der Waals surface area contributed by atoms with E-state index in [1.54, 1.807) is 19.2 Å². The van der Waals surface area contributed by atoms with E-state index >= 15 is 0 Å². The standard InChI is InChI=1S/C12H15N3O4S2/c1-7-6-20-8(2)11(7)21(16,17)15-12-13-9(18-3)5-10(14-12)19-4/h5-6H,1-4H3,(H,13,14,15). The van der Waals surface area contributed by atoms with Gasteiger partial charge in [0.1, 0.15) is 4.90 Å². The van der Waals surface area contributed by atoms with Crippen LogP contribution in [0.5, 0.6) is 11.8 Å². The van der Waals surface area contributed by atoms with Crippen LogP contribution in [0.3, 0.4) is 0 Å². The molecule has 7 nitrogen and oxygen atoms in total. The first kappa shape index (κ1) is 15.5. The van der Waals surface area contributed by atoms with E-state index in [2.05, 4.69) is 14.7 Å². The Morgan fingerprint density at radius 3 is 2.14 bits per heavy atom. The average molecular weight is 329 g/mol. The zero-order valence-electron chi connectivity index (χ0n) is 12.0. The number of rotatable bonds is 5. The van der Waals surface area contributed by atoms with Crippen LogP contribution in [0, 0.1) is 13.8 Å². The fourth-order valence-corrected chi connectivity index (χ4v) is 4.37. The molecule has 21 heavy (non-hydrogen) atoms. The van der Waals surface area contributed by atoms with Crippen LogP contribution in [0.25, 0.3) is 0 Å². The topological polar surface area (TPSA) is 90.4 Å². The van der Waals surface area contributed by atoms with Crippen LogP contribution in [-0.2, 0) is 10.0 Å². The van der Waals surface area contributed by atoms with Gasteiger partial charge in [0.15, 0.2) is 0 Å². The zero-order valence-corrected chi connectivity index (χ0v) is 13.6. The van der Waals surface area contributed by atoms with Crippen molar-refractivity contribution in [2.24, 2.45) is 0 Å². The maximum Gasteiger partial charge on any atom is 0.265 e. The summed E-state index contributed by atoms with van der Waals surface area (Å²) in [6, 6.07) is 1.46. The van der Waals surface area contributed by atoms with Crippen LogP contribution in [0.1, 0.15) is 10.4 Å². The van der Waals surface area contributed by atoms with Gasteiger partial charge >= 0.3 is 0 Å². The number of aromatic nitrogens is 2. The zero-order chi connectivity index (χ0) is 15.6. The second-order valence-corrected chi connectivity index (χ2v) is 6.89. The van der Waals surface area contributed by atoms with Crippen LogP contribution in [0.2, 0.25) is 0 Å². The minimum absolute atomic E-state index is 0.101. The molecule has 0 saturated heterocycles. The number of methoxy groups -OCH3 is 2. The van der Waals surface area contributed by atoms with Gasteiger partial charge in [0.05, 0.1) is 20.3 Å². The van der Waals surface area contributed by atoms with Gasteiger partial charge in [0.25, 0.3) is 10.0 Å². The predicted molar refractivity (Wildman–Crippen MR) is 79.7 cm³/mol. The highest BCUT2D eigenvalue weighted by atomic mass is 32.2. The number of hydrogen-bond donors (Lipinski definition) is 1. The molecular formula is C12H15N3O4S2. The molecule has 2 aromatic rings. The smallest absolute Gasteiger partial charge is 0.265 e. The predicted octanol–water partition coefficient (Wildman–Crippen LogP) is 1.97. The molecule has 2 rings (SSSR count). The molecule has 0 bridgehead atoms. The van der Waals surface area contributed by atoms with Crippen molar-refractivity contribution >= 4 is 27.3 Å². The maximum absolute atomic E-state index is 12.4. The van der Waals surface area contributed by atoms with E-state index in [4.69, 9.17) is 9.47 Å². The van der Waals surface area contributed by atoms with Gasteiger partial charge in [0, 0.05) is 4.88 Å². The lowest BCUT2D eigenvalue weighted by Gasteiger charge is -2.09. The van der Waals surface area contributed by atoms with Crippen molar-refractivity contribution in [1.82, 2.24) is 9.97 Å². The molecule has 2 heterocycles. The number of aryl methyl sites for hydroxylation is 2. The Hall–Kier alpha value is -1.87. The van der Waals surface area contributed by atoms with Gasteiger partial charge in [-0.1, -0.05) is 0 Å². The van der Waals surface area contributed by atoms with Crippen LogP contribution in [-0.4, -0.2) is 32.6 Å². The Bertz CT molecular complexity index is 714. The van der Waals surface area contributed by atoms with E-state index in [1.807, 2.05) is 0 Å². The lowest BCUT2D eigenvalue weighted by atomic mass is 10.3. The summed E-state index contributed by atoms with van der Waals surface area (Å²) in [5.41, 5.74) is 0.680. The molecule has 114 valence electrons. The summed E-state index contributed by atoms with van der Waals surface area (Å²) in [7, 11) is -0.909. The van der Waals surface area contributed by atoms with Gasteiger partial charge in [-0.3, -0.25) is 0 Å². The summed E-state index contributed by atoms with van der Waals surface area (Å²) in [5, 5.41) is 1.79. The summed E-state index contributed by atoms with van der Waals surface area (Å²) in [4.78, 5) is 8.86. The molecule has 0 unspecified atom stereocenters. The SMILES string of the molecule is COc1cc(OC)nc(NS(=O)(=O)c2c(C)csc2C)n1. The molecule has 1 N–H and O–H groups in total. The van der Waals surface area contributed by atoms with Crippen molar-refractivity contribution in [2.45, 2.75) is 18.7 Å². The lowest BCUT2D eigenvalue weighted by Crippen LogP contribution is -2.16. The molecule has 0 radical (unpaired) electrons. The second-order valence-electron chi connectivity index (χ2n) is 4.19. The molecule has 0 aliphatic heterocycles. The number of hydrogen-bond acceptors (Lipinski definition) is 7. The van der Waals surface area contributed by atoms with Crippen LogP contribution >= 0.6 is 11.3 Å². The minimum atomic E-state index is -3.76. The summed E-state index contributed by atoms with van der Waals surface area (Å²) in [6.45, 7) is 3.49. The molecule has 2 aromatic heterocycles. The van der Waals surface area contributed by atoms with E-state index < -0.39 is 10.0 Å². The Kier molecular flexibility index (Phi) is 4.33. The first-order chi connectivity index (χ1) is 9.87. The van der Waals surface area contributed by atoms with Gasteiger partial charge in [-0.25, -0.2) is 13.1 Å². The average Bonchev–Trinajstić information content (AvgIpc) is 2.77. The third-order valence-corrected chi connectivity index (χ3v) is 5.46. The monoisotopic (exact) mass is 329 g/mol. The van der Waals surface area contributed by atoms with Gasteiger partial charge < -0.3 is 9.47 Å². The highest BCUT2D eigenvalue weighted by Gasteiger charge is 2.22. The summed E-state index contributed by atoms with van der Waals surface area (Å²) < 4.78 is 37.2. The van der Waals surface area contributed by atoms with E-state index in [1.165, 1.54) is 31.6 Å². The number of thiophene rings is 1. The number of nitrogens with one attached hydrogen (secondary N) is 1. The van der Waals surface area contributed by atoms with E-state index in [0.717, 1.165) is 0 Å². The molecular weight excluding hydrogens is 314 g/mol. The van der Waals surface area contributed by atoms with Crippen LogP contribution < -0.4 is 14.2 Å². The molecule has 0 atom stereocenters. The maximum atomic E-state index is 12.4. The van der Waals surface area contributed by atoms with E-state index in [-0.39, 0.29) is 22.6 Å². The molecule has 0 saturated carbocycles. The number of sulfonamides is 1. The van der Waals surface area contributed by atoms with Crippen molar-refractivity contribution < 1.29 is 17.9 Å². The molecule has 0 aromatic carbocycles. The molecule has 9 heteroatoms. The second kappa shape index (κ2) is 5.86. The first-order valence-electron chi connectivity index (χ1n) is 5.92. The Morgan fingerprint density at radius 1 is 1.14 bits per heavy atom. The molecule has 0 spiro atoms. The summed E-state index contributed by atoms with van der Waals surface area (Å²) in [6.07, 6.45) is 0. The normalized spacial score (nSPS) is 11.2. The Labute approximate surface area is 127 Å². The molecule has 0 aliphatic rings. The molecule has 0 fully saturated rings. The Morgan fingerprint density at radius 2 is 1.71 bits per heavy atom. The van der Waals surface area contributed by atoms with Crippen molar-refractivity contribution in [2.75, 3.05) is 18.9 Å². The van der Waals surface area contributed by atoms with Crippen molar-refractivity contribution in [3.05, 3.63) is 21.9 Å². The quantitative estimate of drug-likeness (QED) is 0.902. The largest absolute Gasteiger partial charge is 0.481 e. The lowest BCUT2D eigenvalue weighted by molar-refractivity contribution is 0.373. The van der Waals surface area contributed by atoms with E-state index in [0.29, 0.717) is 10.4 Å². The van der Waals surface area contributed by atoms with Gasteiger partial charge in [0.2, 0.25) is 17.7 Å². The van der Waals surface area contributed by atoms with Gasteiger partial charge in [-0.2, -0.15) is 9.97 Å². The third-order valence-electron chi connectivity index (χ3n) is 2.68. The Balaban J connectivity index is 2.41. The summed E-state index contributed by atoms with van der Waals surface area (Å²) in [5.74, 6) is 0.313. The highest BCUT2D eigenvalue weighted by molar-refractivity contribution is 7.93. The fourth-order valence-electron chi connectivity index (χ4n) is 1.79. The molecule has 0 amide bonds.